The minimum absolute atomic E-state index is 0. The second-order valence-corrected chi connectivity index (χ2v) is 6.46. The fourth-order valence-electron chi connectivity index (χ4n) is 3.19. The maximum atomic E-state index is 11.3. The maximum absolute atomic E-state index is 11.3. The summed E-state index contributed by atoms with van der Waals surface area (Å²) in [5, 5.41) is 21.0. The van der Waals surface area contributed by atoms with Crippen LogP contribution >= 0.6 is 0 Å². The summed E-state index contributed by atoms with van der Waals surface area (Å²) in [6.07, 6.45) is 1.81. The second-order valence-electron chi connectivity index (χ2n) is 6.46. The molecular formula is C14H19N5O4W. The molecule has 3 rings (SSSR count). The van der Waals surface area contributed by atoms with Gasteiger partial charge in [-0.3, -0.25) is 14.7 Å². The number of fused-ring (bicyclic) bond motifs is 1. The van der Waals surface area contributed by atoms with Crippen molar-refractivity contribution in [3.8, 4) is 0 Å². The van der Waals surface area contributed by atoms with Gasteiger partial charge < -0.3 is 15.6 Å². The normalized spacial score (nSPS) is 25.6. The largest absolute Gasteiger partial charge is 0.394 e. The van der Waals surface area contributed by atoms with E-state index >= 15 is 0 Å². The smallest absolute Gasteiger partial charge is 0.300 e. The van der Waals surface area contributed by atoms with E-state index in [1.807, 2.05) is 20.8 Å². The molecule has 1 fully saturated rings. The molecule has 1 aliphatic rings. The van der Waals surface area contributed by atoms with Crippen LogP contribution < -0.4 is 5.73 Å². The molecule has 0 aliphatic carbocycles. The fraction of sp³-hybridized carbons (Fsp3) is 0.571. The summed E-state index contributed by atoms with van der Waals surface area (Å²) in [6.45, 7) is 5.88. The van der Waals surface area contributed by atoms with Gasteiger partial charge in [0.2, 0.25) is 0 Å². The van der Waals surface area contributed by atoms with Gasteiger partial charge in [-0.2, -0.15) is 0 Å². The summed E-state index contributed by atoms with van der Waals surface area (Å²) in [5.41, 5.74) is 5.65. The Morgan fingerprint density at radius 3 is 2.71 bits per heavy atom. The molecule has 3 heterocycles. The average Bonchev–Trinajstić information content (AvgIpc) is 2.97. The van der Waals surface area contributed by atoms with Crippen molar-refractivity contribution in [3.05, 3.63) is 22.6 Å². The van der Waals surface area contributed by atoms with Crippen LogP contribution in [0.15, 0.2) is 12.5 Å². The van der Waals surface area contributed by atoms with E-state index in [-0.39, 0.29) is 62.0 Å². The third-order valence-electron chi connectivity index (χ3n) is 4.92. The quantitative estimate of drug-likeness (QED) is 0.478. The van der Waals surface area contributed by atoms with Gasteiger partial charge in [0.15, 0.2) is 5.65 Å². The molecule has 0 radical (unpaired) electrons. The van der Waals surface area contributed by atoms with Crippen molar-refractivity contribution in [1.82, 2.24) is 14.5 Å². The summed E-state index contributed by atoms with van der Waals surface area (Å²) >= 11 is 0. The number of ether oxygens (including phenoxy) is 1. The Bertz CT molecular complexity index is 778. The zero-order valence-electron chi connectivity index (χ0n) is 13.5. The first-order valence-corrected chi connectivity index (χ1v) is 7.30. The molecule has 2 aromatic heterocycles. The van der Waals surface area contributed by atoms with Gasteiger partial charge >= 0.3 is 0 Å². The Labute approximate surface area is 152 Å². The number of nitro groups is 1. The molecule has 9 nitrogen and oxygen atoms in total. The molecule has 130 valence electrons. The Hall–Kier alpha value is -1.57. The number of hydrogen-bond donors (Lipinski definition) is 2. The molecule has 0 amide bonds. The van der Waals surface area contributed by atoms with E-state index in [0.29, 0.717) is 5.65 Å². The van der Waals surface area contributed by atoms with Crippen LogP contribution in [0.2, 0.25) is 0 Å². The molecule has 0 saturated carbocycles. The molecule has 24 heavy (non-hydrogen) atoms. The number of nitrogens with two attached hydrogens (primary N) is 1. The molecule has 1 aliphatic heterocycles. The number of aromatic nitrogens is 3. The number of nitrogen functional groups attached to an aromatic ring is 1. The van der Waals surface area contributed by atoms with Gasteiger partial charge in [0.05, 0.1) is 23.8 Å². The van der Waals surface area contributed by atoms with Gasteiger partial charge in [0.25, 0.3) is 5.69 Å². The van der Waals surface area contributed by atoms with Crippen LogP contribution in [0.4, 0.5) is 11.5 Å². The average molecular weight is 505 g/mol. The summed E-state index contributed by atoms with van der Waals surface area (Å²) in [5.74, 6) is 0.121. The monoisotopic (exact) mass is 505 g/mol. The number of aliphatic hydroxyl groups is 1. The Kier molecular flexibility index (Phi) is 4.99. The molecule has 1 saturated heterocycles. The predicted molar refractivity (Wildman–Crippen MR) is 82.5 cm³/mol. The third-order valence-corrected chi connectivity index (χ3v) is 4.92. The third kappa shape index (κ3) is 2.60. The Morgan fingerprint density at radius 2 is 2.17 bits per heavy atom. The molecule has 3 atom stereocenters. The number of nitrogens with zero attached hydrogens (tertiary/aromatic N) is 4. The van der Waals surface area contributed by atoms with Gasteiger partial charge in [-0.25, -0.2) is 9.97 Å². The maximum Gasteiger partial charge on any atom is 0.300 e. The van der Waals surface area contributed by atoms with Gasteiger partial charge in [-0.15, -0.1) is 0 Å². The first-order valence-electron chi connectivity index (χ1n) is 7.30. The van der Waals surface area contributed by atoms with Crippen LogP contribution in [0.3, 0.4) is 0 Å². The molecular weight excluding hydrogens is 486 g/mol. The van der Waals surface area contributed by atoms with E-state index < -0.39 is 11.2 Å². The molecule has 0 aromatic carbocycles. The molecule has 0 bridgehead atoms. The zero-order valence-corrected chi connectivity index (χ0v) is 16.5. The molecule has 10 heteroatoms. The van der Waals surface area contributed by atoms with Crippen molar-refractivity contribution in [1.29, 1.82) is 0 Å². The molecule has 0 spiro atoms. The van der Waals surface area contributed by atoms with Crippen LogP contribution in [0.25, 0.3) is 11.0 Å². The van der Waals surface area contributed by atoms with Crippen LogP contribution in [0.5, 0.6) is 0 Å². The van der Waals surface area contributed by atoms with E-state index in [0.717, 1.165) is 0 Å². The van der Waals surface area contributed by atoms with Gasteiger partial charge in [0.1, 0.15) is 23.8 Å². The fourth-order valence-corrected chi connectivity index (χ4v) is 3.19. The van der Waals surface area contributed by atoms with E-state index in [4.69, 9.17) is 10.5 Å². The van der Waals surface area contributed by atoms with Crippen molar-refractivity contribution < 1.29 is 35.8 Å². The van der Waals surface area contributed by atoms with E-state index in [2.05, 4.69) is 9.97 Å². The summed E-state index contributed by atoms with van der Waals surface area (Å²) in [4.78, 5) is 18.8. The Balaban J connectivity index is 0.00000208. The number of aliphatic hydroxyl groups excluding tert-OH is 1. The summed E-state index contributed by atoms with van der Waals surface area (Å²) < 4.78 is 7.58. The number of anilines is 1. The van der Waals surface area contributed by atoms with Gasteiger partial charge in [0, 0.05) is 26.5 Å². The zero-order chi connectivity index (χ0) is 16.9. The Morgan fingerprint density at radius 1 is 1.50 bits per heavy atom. The van der Waals surface area contributed by atoms with Crippen LogP contribution in [-0.2, 0) is 25.8 Å². The molecule has 2 aromatic rings. The minimum Gasteiger partial charge on any atom is -0.394 e. The number of rotatable bonds is 3. The summed E-state index contributed by atoms with van der Waals surface area (Å²) in [6, 6.07) is 0. The van der Waals surface area contributed by atoms with Crippen molar-refractivity contribution in [2.24, 2.45) is 11.3 Å². The second kappa shape index (κ2) is 6.38. The van der Waals surface area contributed by atoms with Gasteiger partial charge in [-0.1, -0.05) is 20.8 Å². The van der Waals surface area contributed by atoms with Crippen LogP contribution in [0, 0.1) is 21.4 Å². The SMILES string of the molecule is CC1C(CO)O[C@@H](n2cc([N+](=O)[O-])c3c(N)ncnc32)C1(C)C.[W]. The first kappa shape index (κ1) is 18.8. The van der Waals surface area contributed by atoms with E-state index in [9.17, 15) is 15.2 Å². The first-order chi connectivity index (χ1) is 10.8. The number of hydrogen-bond acceptors (Lipinski definition) is 7. The van der Waals surface area contributed by atoms with Crippen molar-refractivity contribution >= 4 is 22.5 Å². The predicted octanol–water partition coefficient (Wildman–Crippen LogP) is 1.47. The molecule has 2 unspecified atom stereocenters. The van der Waals surface area contributed by atoms with Gasteiger partial charge in [-0.05, 0) is 5.92 Å². The van der Waals surface area contributed by atoms with E-state index in [1.54, 1.807) is 4.57 Å². The standard InChI is InChI=1S/C14H19N5O4.W/c1-7-9(5-20)23-13(14(7,2)3)18-4-8(19(21)22)10-11(15)16-6-17-12(10)18;/h4,6-7,9,13,20H,5H2,1-3H3,(H2,15,16,17);/t7?,9?,13-;/m1./s1. The topological polar surface area (TPSA) is 129 Å². The summed E-state index contributed by atoms with van der Waals surface area (Å²) in [7, 11) is 0. The molecule has 3 N–H and O–H groups in total. The van der Waals surface area contributed by atoms with Crippen LogP contribution in [-0.4, -0.2) is 37.3 Å². The van der Waals surface area contributed by atoms with Crippen molar-refractivity contribution in [3.63, 3.8) is 0 Å². The van der Waals surface area contributed by atoms with Crippen LogP contribution in [0.1, 0.15) is 27.0 Å². The van der Waals surface area contributed by atoms with Crippen molar-refractivity contribution in [2.75, 3.05) is 12.3 Å². The van der Waals surface area contributed by atoms with E-state index in [1.165, 1.54) is 12.5 Å². The minimum atomic E-state index is -0.506. The van der Waals surface area contributed by atoms with Crippen molar-refractivity contribution in [2.45, 2.75) is 33.1 Å².